The van der Waals surface area contributed by atoms with Gasteiger partial charge >= 0.3 is 6.03 Å². The summed E-state index contributed by atoms with van der Waals surface area (Å²) in [4.78, 5) is 19.6. The van der Waals surface area contributed by atoms with Crippen LogP contribution in [-0.4, -0.2) is 23.5 Å². The molecule has 1 aromatic carbocycles. The summed E-state index contributed by atoms with van der Waals surface area (Å²) in [5, 5.41) is 6.12. The van der Waals surface area contributed by atoms with E-state index in [1.807, 2.05) is 30.3 Å². The first kappa shape index (κ1) is 16.8. The molecule has 1 heterocycles. The lowest BCUT2D eigenvalue weighted by atomic mass is 10.2. The normalized spacial score (nSPS) is 11.1. The number of aromatic nitrogens is 1. The Hall–Kier alpha value is -2.60. The SMILES string of the molecule is NC(=O)NC(=NCc1ccccc1)NCCc1ncccc1Cl. The van der Waals surface area contributed by atoms with Gasteiger partial charge in [-0.25, -0.2) is 9.79 Å². The summed E-state index contributed by atoms with van der Waals surface area (Å²) < 4.78 is 0. The molecule has 1 aromatic heterocycles. The van der Waals surface area contributed by atoms with Gasteiger partial charge < -0.3 is 11.1 Å². The highest BCUT2D eigenvalue weighted by atomic mass is 35.5. The lowest BCUT2D eigenvalue weighted by Gasteiger charge is -2.10. The lowest BCUT2D eigenvalue weighted by molar-refractivity contribution is 0.253. The number of guanidine groups is 1. The molecule has 0 atom stereocenters. The maximum Gasteiger partial charge on any atom is 0.318 e. The quantitative estimate of drug-likeness (QED) is 0.578. The second kappa shape index (κ2) is 8.75. The summed E-state index contributed by atoms with van der Waals surface area (Å²) in [7, 11) is 0. The zero-order valence-electron chi connectivity index (χ0n) is 12.5. The molecule has 0 saturated heterocycles. The number of nitrogens with two attached hydrogens (primary N) is 1. The first-order chi connectivity index (χ1) is 11.1. The summed E-state index contributed by atoms with van der Waals surface area (Å²) in [5.41, 5.74) is 6.98. The molecule has 0 bridgehead atoms. The number of carbonyl (C=O) groups excluding carboxylic acids is 1. The molecule has 7 heteroatoms. The Morgan fingerprint density at radius 3 is 2.70 bits per heavy atom. The molecule has 0 aliphatic carbocycles. The molecular formula is C16H18ClN5O. The van der Waals surface area contributed by atoms with Crippen molar-refractivity contribution in [2.75, 3.05) is 6.54 Å². The van der Waals surface area contributed by atoms with Crippen LogP contribution in [-0.2, 0) is 13.0 Å². The highest BCUT2D eigenvalue weighted by molar-refractivity contribution is 6.31. The number of hydrogen-bond acceptors (Lipinski definition) is 3. The molecule has 0 saturated carbocycles. The lowest BCUT2D eigenvalue weighted by Crippen LogP contribution is -2.44. The van der Waals surface area contributed by atoms with Crippen LogP contribution in [0.15, 0.2) is 53.7 Å². The molecule has 23 heavy (non-hydrogen) atoms. The average molecular weight is 332 g/mol. The van der Waals surface area contributed by atoms with E-state index in [4.69, 9.17) is 17.3 Å². The van der Waals surface area contributed by atoms with Crippen molar-refractivity contribution in [1.82, 2.24) is 15.6 Å². The number of aliphatic imine (C=N–C) groups is 1. The molecule has 4 N–H and O–H groups in total. The summed E-state index contributed by atoms with van der Waals surface area (Å²) >= 11 is 6.05. The maximum absolute atomic E-state index is 11.1. The van der Waals surface area contributed by atoms with E-state index in [0.29, 0.717) is 30.5 Å². The first-order valence-corrected chi connectivity index (χ1v) is 7.51. The molecular weight excluding hydrogens is 314 g/mol. The summed E-state index contributed by atoms with van der Waals surface area (Å²) in [6, 6.07) is 12.6. The Balaban J connectivity index is 1.93. The third-order valence-electron chi connectivity index (χ3n) is 2.99. The van der Waals surface area contributed by atoms with Crippen molar-refractivity contribution in [3.63, 3.8) is 0 Å². The van der Waals surface area contributed by atoms with E-state index in [1.54, 1.807) is 18.3 Å². The van der Waals surface area contributed by atoms with E-state index in [0.717, 1.165) is 11.3 Å². The van der Waals surface area contributed by atoms with E-state index in [2.05, 4.69) is 20.6 Å². The molecule has 120 valence electrons. The number of halogens is 1. The minimum atomic E-state index is -0.666. The molecule has 0 aliphatic heterocycles. The third-order valence-corrected chi connectivity index (χ3v) is 3.34. The molecule has 0 fully saturated rings. The van der Waals surface area contributed by atoms with Crippen molar-refractivity contribution in [2.45, 2.75) is 13.0 Å². The molecule has 0 aliphatic rings. The summed E-state index contributed by atoms with van der Waals surface area (Å²) in [5.74, 6) is 0.327. The number of benzene rings is 1. The molecule has 2 rings (SSSR count). The van der Waals surface area contributed by atoms with Crippen molar-refractivity contribution in [3.8, 4) is 0 Å². The number of amides is 2. The predicted molar refractivity (Wildman–Crippen MR) is 91.3 cm³/mol. The van der Waals surface area contributed by atoms with Gasteiger partial charge in [-0.2, -0.15) is 0 Å². The Bertz CT molecular complexity index is 675. The van der Waals surface area contributed by atoms with Crippen molar-refractivity contribution in [1.29, 1.82) is 0 Å². The van der Waals surface area contributed by atoms with Crippen LogP contribution >= 0.6 is 11.6 Å². The second-order valence-corrected chi connectivity index (χ2v) is 5.16. The van der Waals surface area contributed by atoms with Crippen LogP contribution in [0.1, 0.15) is 11.3 Å². The number of rotatable bonds is 5. The Morgan fingerprint density at radius 2 is 2.00 bits per heavy atom. The Kier molecular flexibility index (Phi) is 6.38. The van der Waals surface area contributed by atoms with E-state index in [9.17, 15) is 4.79 Å². The molecule has 2 aromatic rings. The number of primary amides is 1. The number of carbonyl (C=O) groups is 1. The minimum Gasteiger partial charge on any atom is -0.356 e. The fourth-order valence-corrected chi connectivity index (χ4v) is 2.13. The number of nitrogens with zero attached hydrogens (tertiary/aromatic N) is 2. The van der Waals surface area contributed by atoms with Crippen molar-refractivity contribution < 1.29 is 4.79 Å². The fourth-order valence-electron chi connectivity index (χ4n) is 1.91. The zero-order valence-corrected chi connectivity index (χ0v) is 13.3. The maximum atomic E-state index is 11.1. The van der Waals surface area contributed by atoms with Crippen molar-refractivity contribution in [2.24, 2.45) is 10.7 Å². The standard InChI is InChI=1S/C16H18ClN5O/c17-13-7-4-9-19-14(13)8-10-20-16(22-15(18)23)21-11-12-5-2-1-3-6-12/h1-7,9H,8,10-11H2,(H4,18,20,21,22,23). The Labute approximate surface area is 139 Å². The van der Waals surface area contributed by atoms with Crippen LogP contribution in [0.5, 0.6) is 0 Å². The molecule has 6 nitrogen and oxygen atoms in total. The van der Waals surface area contributed by atoms with E-state index >= 15 is 0 Å². The van der Waals surface area contributed by atoms with Gasteiger partial charge in [0.1, 0.15) is 0 Å². The minimum absolute atomic E-state index is 0.327. The van der Waals surface area contributed by atoms with Crippen LogP contribution in [0.4, 0.5) is 4.79 Å². The average Bonchev–Trinajstić information content (AvgIpc) is 2.55. The van der Waals surface area contributed by atoms with Crippen LogP contribution < -0.4 is 16.4 Å². The van der Waals surface area contributed by atoms with Gasteiger partial charge in [0.05, 0.1) is 17.3 Å². The van der Waals surface area contributed by atoms with Gasteiger partial charge in [0, 0.05) is 19.2 Å². The van der Waals surface area contributed by atoms with E-state index in [1.165, 1.54) is 0 Å². The number of nitrogens with one attached hydrogen (secondary N) is 2. The largest absolute Gasteiger partial charge is 0.356 e. The zero-order chi connectivity index (χ0) is 16.5. The molecule has 0 spiro atoms. The van der Waals surface area contributed by atoms with Crippen molar-refractivity contribution >= 4 is 23.6 Å². The van der Waals surface area contributed by atoms with Gasteiger partial charge in [-0.15, -0.1) is 0 Å². The van der Waals surface area contributed by atoms with E-state index < -0.39 is 6.03 Å². The number of pyridine rings is 1. The summed E-state index contributed by atoms with van der Waals surface area (Å²) in [6.45, 7) is 0.957. The second-order valence-electron chi connectivity index (χ2n) is 4.75. The van der Waals surface area contributed by atoms with Gasteiger partial charge in [-0.05, 0) is 17.7 Å². The van der Waals surface area contributed by atoms with E-state index in [-0.39, 0.29) is 0 Å². The molecule has 2 amide bonds. The fraction of sp³-hybridized carbons (Fsp3) is 0.188. The third kappa shape index (κ3) is 5.96. The predicted octanol–water partition coefficient (Wildman–Crippen LogP) is 2.09. The summed E-state index contributed by atoms with van der Waals surface area (Å²) in [6.07, 6.45) is 2.29. The molecule has 0 unspecified atom stereocenters. The van der Waals surface area contributed by atoms with Gasteiger partial charge in [-0.1, -0.05) is 41.9 Å². The highest BCUT2D eigenvalue weighted by Gasteiger charge is 2.04. The highest BCUT2D eigenvalue weighted by Crippen LogP contribution is 2.11. The number of urea groups is 1. The van der Waals surface area contributed by atoms with Crippen LogP contribution in [0.2, 0.25) is 5.02 Å². The van der Waals surface area contributed by atoms with Crippen LogP contribution in [0, 0.1) is 0 Å². The monoisotopic (exact) mass is 331 g/mol. The molecule has 0 radical (unpaired) electrons. The van der Waals surface area contributed by atoms with Gasteiger partial charge in [0.25, 0.3) is 0 Å². The van der Waals surface area contributed by atoms with Gasteiger partial charge in [0.15, 0.2) is 5.96 Å². The first-order valence-electron chi connectivity index (χ1n) is 7.13. The van der Waals surface area contributed by atoms with Gasteiger partial charge in [0.2, 0.25) is 0 Å². The van der Waals surface area contributed by atoms with Gasteiger partial charge in [-0.3, -0.25) is 10.3 Å². The smallest absolute Gasteiger partial charge is 0.318 e. The topological polar surface area (TPSA) is 92.4 Å². The van der Waals surface area contributed by atoms with Crippen molar-refractivity contribution in [3.05, 3.63) is 64.9 Å². The Morgan fingerprint density at radius 1 is 1.22 bits per heavy atom. The van der Waals surface area contributed by atoms with Crippen LogP contribution in [0.25, 0.3) is 0 Å². The number of hydrogen-bond donors (Lipinski definition) is 3. The van der Waals surface area contributed by atoms with Crippen LogP contribution in [0.3, 0.4) is 0 Å².